The van der Waals surface area contributed by atoms with Crippen LogP contribution in [0.3, 0.4) is 0 Å². The summed E-state index contributed by atoms with van der Waals surface area (Å²) >= 11 is 0. The largest absolute Gasteiger partial charge is 0.301 e. The maximum absolute atomic E-state index is 11.1. The Morgan fingerprint density at radius 1 is 1.29 bits per heavy atom. The number of nitrogens with zero attached hydrogens (tertiary/aromatic N) is 1. The predicted molar refractivity (Wildman–Crippen MR) is 55.0 cm³/mol. The van der Waals surface area contributed by atoms with Crippen LogP contribution in [-0.2, 0) is 14.6 Å². The number of hydrogen-bond acceptors (Lipinski definition) is 4. The molecule has 14 heavy (non-hydrogen) atoms. The van der Waals surface area contributed by atoms with Crippen molar-refractivity contribution in [2.75, 3.05) is 31.1 Å². The van der Waals surface area contributed by atoms with Crippen molar-refractivity contribution in [1.82, 2.24) is 4.90 Å². The molecule has 4 nitrogen and oxygen atoms in total. The first-order valence-corrected chi connectivity index (χ1v) is 6.74. The van der Waals surface area contributed by atoms with E-state index in [1.54, 1.807) is 6.92 Å². The number of Topliss-reactive ketones (excluding diaryl/α,β-unsaturated/α-hetero) is 1. The summed E-state index contributed by atoms with van der Waals surface area (Å²) in [6.45, 7) is 3.68. The van der Waals surface area contributed by atoms with E-state index in [1.165, 1.54) is 0 Å². The molecular weight excluding hydrogens is 202 g/mol. The van der Waals surface area contributed by atoms with Crippen LogP contribution < -0.4 is 0 Å². The molecule has 0 spiro atoms. The minimum atomic E-state index is -2.77. The Bertz CT molecular complexity index is 283. The van der Waals surface area contributed by atoms with Crippen molar-refractivity contribution < 1.29 is 13.2 Å². The van der Waals surface area contributed by atoms with Crippen LogP contribution in [0.15, 0.2) is 0 Å². The first kappa shape index (κ1) is 11.7. The van der Waals surface area contributed by atoms with Crippen LogP contribution in [0.2, 0.25) is 0 Å². The molecule has 1 fully saturated rings. The number of hydrogen-bond donors (Lipinski definition) is 0. The summed E-state index contributed by atoms with van der Waals surface area (Å²) in [7, 11) is -2.77. The quantitative estimate of drug-likeness (QED) is 0.672. The lowest BCUT2D eigenvalue weighted by molar-refractivity contribution is -0.117. The van der Waals surface area contributed by atoms with Gasteiger partial charge in [-0.05, 0) is 19.9 Å². The standard InChI is InChI=1S/C9H17NO3S/c1-9(11)3-2-4-10-5-7-14(12,13)8-6-10/h2-8H2,1H3. The summed E-state index contributed by atoms with van der Waals surface area (Å²) in [5.74, 6) is 0.745. The fraction of sp³-hybridized carbons (Fsp3) is 0.889. The molecule has 0 aliphatic carbocycles. The van der Waals surface area contributed by atoms with Gasteiger partial charge in [-0.25, -0.2) is 8.42 Å². The van der Waals surface area contributed by atoms with Crippen molar-refractivity contribution >= 4 is 15.6 Å². The zero-order valence-corrected chi connectivity index (χ0v) is 9.35. The first-order valence-electron chi connectivity index (χ1n) is 4.92. The summed E-state index contributed by atoms with van der Waals surface area (Å²) in [5.41, 5.74) is 0. The molecule has 82 valence electrons. The molecule has 1 aliphatic rings. The van der Waals surface area contributed by atoms with E-state index in [9.17, 15) is 13.2 Å². The second-order valence-corrected chi connectivity index (χ2v) is 6.10. The van der Waals surface area contributed by atoms with Crippen molar-refractivity contribution in [2.45, 2.75) is 19.8 Å². The molecule has 0 aromatic heterocycles. The molecule has 0 bridgehead atoms. The van der Waals surface area contributed by atoms with Gasteiger partial charge in [-0.1, -0.05) is 0 Å². The van der Waals surface area contributed by atoms with Gasteiger partial charge in [0, 0.05) is 19.5 Å². The molecule has 1 heterocycles. The molecule has 0 atom stereocenters. The smallest absolute Gasteiger partial charge is 0.152 e. The summed E-state index contributed by atoms with van der Waals surface area (Å²) in [4.78, 5) is 12.8. The maximum atomic E-state index is 11.1. The Kier molecular flexibility index (Phi) is 4.07. The summed E-state index contributed by atoms with van der Waals surface area (Å²) < 4.78 is 22.2. The van der Waals surface area contributed by atoms with Gasteiger partial charge in [0.25, 0.3) is 0 Å². The number of carbonyl (C=O) groups is 1. The Balaban J connectivity index is 2.19. The van der Waals surface area contributed by atoms with Crippen molar-refractivity contribution in [3.63, 3.8) is 0 Å². The van der Waals surface area contributed by atoms with Crippen molar-refractivity contribution in [3.8, 4) is 0 Å². The van der Waals surface area contributed by atoms with E-state index in [0.29, 0.717) is 19.5 Å². The van der Waals surface area contributed by atoms with Gasteiger partial charge in [-0.3, -0.25) is 0 Å². The minimum absolute atomic E-state index is 0.203. The van der Waals surface area contributed by atoms with Gasteiger partial charge in [0.05, 0.1) is 11.5 Å². The van der Waals surface area contributed by atoms with Gasteiger partial charge in [0.2, 0.25) is 0 Å². The van der Waals surface area contributed by atoms with Crippen LogP contribution in [0, 0.1) is 0 Å². The molecular formula is C9H17NO3S. The summed E-state index contributed by atoms with van der Waals surface area (Å²) in [5, 5.41) is 0. The Morgan fingerprint density at radius 3 is 2.36 bits per heavy atom. The zero-order valence-electron chi connectivity index (χ0n) is 8.53. The molecule has 5 heteroatoms. The van der Waals surface area contributed by atoms with Crippen LogP contribution in [-0.4, -0.2) is 50.2 Å². The molecule has 0 saturated carbocycles. The highest BCUT2D eigenvalue weighted by Crippen LogP contribution is 2.05. The van der Waals surface area contributed by atoms with Crippen LogP contribution in [0.5, 0.6) is 0 Å². The van der Waals surface area contributed by atoms with Gasteiger partial charge >= 0.3 is 0 Å². The number of carbonyl (C=O) groups excluding carboxylic acids is 1. The van der Waals surface area contributed by atoms with E-state index in [-0.39, 0.29) is 17.3 Å². The molecule has 0 N–H and O–H groups in total. The van der Waals surface area contributed by atoms with Gasteiger partial charge in [0.15, 0.2) is 9.84 Å². The third kappa shape index (κ3) is 4.19. The lowest BCUT2D eigenvalue weighted by Gasteiger charge is -2.26. The second-order valence-electron chi connectivity index (χ2n) is 3.80. The van der Waals surface area contributed by atoms with Gasteiger partial charge < -0.3 is 9.69 Å². The maximum Gasteiger partial charge on any atom is 0.152 e. The first-order chi connectivity index (χ1) is 6.49. The van der Waals surface area contributed by atoms with E-state index < -0.39 is 9.84 Å². The Hall–Kier alpha value is -0.420. The van der Waals surface area contributed by atoms with Crippen LogP contribution >= 0.6 is 0 Å². The van der Waals surface area contributed by atoms with E-state index in [4.69, 9.17) is 0 Å². The monoisotopic (exact) mass is 219 g/mol. The van der Waals surface area contributed by atoms with E-state index in [1.807, 2.05) is 0 Å². The normalized spacial score (nSPS) is 22.1. The molecule has 0 unspecified atom stereocenters. The average molecular weight is 219 g/mol. The fourth-order valence-corrected chi connectivity index (χ4v) is 2.80. The van der Waals surface area contributed by atoms with Crippen LogP contribution in [0.1, 0.15) is 19.8 Å². The van der Waals surface area contributed by atoms with Gasteiger partial charge in [0.1, 0.15) is 5.78 Å². The van der Waals surface area contributed by atoms with E-state index in [2.05, 4.69) is 4.90 Å². The lowest BCUT2D eigenvalue weighted by atomic mass is 10.2. The predicted octanol–water partition coefficient (Wildman–Crippen LogP) is 0.0860. The number of ketones is 1. The van der Waals surface area contributed by atoms with Crippen LogP contribution in [0.4, 0.5) is 0 Å². The minimum Gasteiger partial charge on any atom is -0.301 e. The molecule has 0 aromatic carbocycles. The zero-order chi connectivity index (χ0) is 10.6. The van der Waals surface area contributed by atoms with E-state index in [0.717, 1.165) is 13.0 Å². The highest BCUT2D eigenvalue weighted by atomic mass is 32.2. The van der Waals surface area contributed by atoms with E-state index >= 15 is 0 Å². The van der Waals surface area contributed by atoms with Crippen molar-refractivity contribution in [1.29, 1.82) is 0 Å². The van der Waals surface area contributed by atoms with Crippen LogP contribution in [0.25, 0.3) is 0 Å². The lowest BCUT2D eigenvalue weighted by Crippen LogP contribution is -2.40. The molecule has 1 saturated heterocycles. The number of sulfone groups is 1. The Morgan fingerprint density at radius 2 is 1.86 bits per heavy atom. The molecule has 1 rings (SSSR count). The Labute approximate surface area is 85.2 Å². The molecule has 0 aromatic rings. The highest BCUT2D eigenvalue weighted by Gasteiger charge is 2.20. The second kappa shape index (κ2) is 4.89. The topological polar surface area (TPSA) is 54.5 Å². The summed E-state index contributed by atoms with van der Waals surface area (Å²) in [6.07, 6.45) is 1.44. The van der Waals surface area contributed by atoms with Crippen molar-refractivity contribution in [2.24, 2.45) is 0 Å². The SMILES string of the molecule is CC(=O)CCCN1CCS(=O)(=O)CC1. The number of rotatable bonds is 4. The molecule has 0 radical (unpaired) electrons. The third-order valence-corrected chi connectivity index (χ3v) is 4.05. The van der Waals surface area contributed by atoms with Gasteiger partial charge in [-0.15, -0.1) is 0 Å². The fourth-order valence-electron chi connectivity index (χ4n) is 1.53. The van der Waals surface area contributed by atoms with Gasteiger partial charge in [-0.2, -0.15) is 0 Å². The summed E-state index contributed by atoms with van der Waals surface area (Å²) in [6, 6.07) is 0. The highest BCUT2D eigenvalue weighted by molar-refractivity contribution is 7.91. The molecule has 1 aliphatic heterocycles. The van der Waals surface area contributed by atoms with Crippen molar-refractivity contribution in [3.05, 3.63) is 0 Å². The molecule has 0 amide bonds. The third-order valence-electron chi connectivity index (χ3n) is 2.44. The average Bonchev–Trinajstić information content (AvgIpc) is 2.07.